The van der Waals surface area contributed by atoms with E-state index in [2.05, 4.69) is 5.32 Å². The van der Waals surface area contributed by atoms with Crippen LogP contribution in [0.1, 0.15) is 35.2 Å². The summed E-state index contributed by atoms with van der Waals surface area (Å²) in [5.41, 5.74) is 0.0240. The third-order valence-corrected chi connectivity index (χ3v) is 3.44. The molecule has 19 heavy (non-hydrogen) atoms. The molecular formula is C14H14N2O3. The fourth-order valence-electron chi connectivity index (χ4n) is 2.13. The van der Waals surface area contributed by atoms with Crippen LogP contribution < -0.4 is 5.32 Å². The van der Waals surface area contributed by atoms with Crippen molar-refractivity contribution in [2.24, 2.45) is 0 Å². The molecule has 0 spiro atoms. The van der Waals surface area contributed by atoms with E-state index in [1.807, 2.05) is 6.07 Å². The SMILES string of the molecule is N#CCc1cccc(C(=O)NC2(C(=O)O)CCC2)c1. The highest BCUT2D eigenvalue weighted by atomic mass is 16.4. The number of carbonyl (C=O) groups excluding carboxylic acids is 1. The number of nitrogens with zero attached hydrogens (tertiary/aromatic N) is 1. The fraction of sp³-hybridized carbons (Fsp3) is 0.357. The predicted octanol–water partition coefficient (Wildman–Crippen LogP) is 1.49. The molecule has 1 aromatic carbocycles. The number of amides is 1. The summed E-state index contributed by atoms with van der Waals surface area (Å²) in [5.74, 6) is -1.39. The molecule has 0 aromatic heterocycles. The largest absolute Gasteiger partial charge is 0.480 e. The highest BCUT2D eigenvalue weighted by molar-refractivity contribution is 5.98. The van der Waals surface area contributed by atoms with Gasteiger partial charge in [-0.15, -0.1) is 0 Å². The Morgan fingerprint density at radius 2 is 2.16 bits per heavy atom. The number of hydrogen-bond donors (Lipinski definition) is 2. The Morgan fingerprint density at radius 1 is 1.42 bits per heavy atom. The van der Waals surface area contributed by atoms with Crippen LogP contribution in [0.25, 0.3) is 0 Å². The van der Waals surface area contributed by atoms with Crippen molar-refractivity contribution in [2.75, 3.05) is 0 Å². The molecule has 2 rings (SSSR count). The summed E-state index contributed by atoms with van der Waals surface area (Å²) in [6, 6.07) is 8.70. The number of nitriles is 1. The van der Waals surface area contributed by atoms with Crippen LogP contribution in [-0.4, -0.2) is 22.5 Å². The van der Waals surface area contributed by atoms with E-state index < -0.39 is 17.4 Å². The summed E-state index contributed by atoms with van der Waals surface area (Å²) < 4.78 is 0. The highest BCUT2D eigenvalue weighted by Gasteiger charge is 2.45. The maximum Gasteiger partial charge on any atom is 0.329 e. The smallest absolute Gasteiger partial charge is 0.329 e. The van der Waals surface area contributed by atoms with Gasteiger partial charge < -0.3 is 10.4 Å². The number of aliphatic carboxylic acids is 1. The van der Waals surface area contributed by atoms with E-state index in [4.69, 9.17) is 10.4 Å². The van der Waals surface area contributed by atoms with E-state index >= 15 is 0 Å². The third kappa shape index (κ3) is 2.58. The number of nitrogens with one attached hydrogen (secondary N) is 1. The van der Waals surface area contributed by atoms with Crippen molar-refractivity contribution in [1.29, 1.82) is 5.26 Å². The number of carboxylic acid groups (broad SMARTS) is 1. The van der Waals surface area contributed by atoms with E-state index in [1.165, 1.54) is 0 Å². The minimum atomic E-state index is -1.11. The molecule has 1 fully saturated rings. The van der Waals surface area contributed by atoms with Crippen molar-refractivity contribution >= 4 is 11.9 Å². The number of hydrogen-bond acceptors (Lipinski definition) is 3. The molecule has 5 nitrogen and oxygen atoms in total. The Hall–Kier alpha value is -2.35. The zero-order valence-electron chi connectivity index (χ0n) is 10.3. The monoisotopic (exact) mass is 258 g/mol. The topological polar surface area (TPSA) is 90.2 Å². The number of benzene rings is 1. The minimum Gasteiger partial charge on any atom is -0.480 e. The molecule has 0 atom stereocenters. The maximum absolute atomic E-state index is 12.1. The number of carboxylic acids is 1. The average molecular weight is 258 g/mol. The van der Waals surface area contributed by atoms with Gasteiger partial charge in [0, 0.05) is 5.56 Å². The van der Waals surface area contributed by atoms with Gasteiger partial charge in [-0.2, -0.15) is 5.26 Å². The molecule has 1 amide bonds. The first-order valence-electron chi connectivity index (χ1n) is 6.09. The first-order valence-corrected chi connectivity index (χ1v) is 6.09. The molecule has 2 N–H and O–H groups in total. The summed E-state index contributed by atoms with van der Waals surface area (Å²) >= 11 is 0. The van der Waals surface area contributed by atoms with Crippen LogP contribution >= 0.6 is 0 Å². The van der Waals surface area contributed by atoms with Gasteiger partial charge in [-0.3, -0.25) is 4.79 Å². The maximum atomic E-state index is 12.1. The van der Waals surface area contributed by atoms with Crippen molar-refractivity contribution < 1.29 is 14.7 Å². The van der Waals surface area contributed by atoms with Gasteiger partial charge in [-0.1, -0.05) is 12.1 Å². The average Bonchev–Trinajstić information content (AvgIpc) is 2.34. The third-order valence-electron chi connectivity index (χ3n) is 3.44. The second-order valence-electron chi connectivity index (χ2n) is 4.73. The summed E-state index contributed by atoms with van der Waals surface area (Å²) in [4.78, 5) is 23.2. The molecule has 1 aliphatic rings. The molecule has 0 saturated heterocycles. The Kier molecular flexibility index (Phi) is 3.52. The molecule has 0 heterocycles. The van der Waals surface area contributed by atoms with Gasteiger partial charge in [0.2, 0.25) is 0 Å². The predicted molar refractivity (Wildman–Crippen MR) is 67.4 cm³/mol. The molecule has 0 unspecified atom stereocenters. The zero-order chi connectivity index (χ0) is 13.9. The van der Waals surface area contributed by atoms with Crippen LogP contribution in [0, 0.1) is 11.3 Å². The van der Waals surface area contributed by atoms with E-state index in [0.717, 1.165) is 12.0 Å². The van der Waals surface area contributed by atoms with Gasteiger partial charge in [-0.05, 0) is 37.0 Å². The summed E-state index contributed by atoms with van der Waals surface area (Å²) in [7, 11) is 0. The number of carbonyl (C=O) groups is 2. The Balaban J connectivity index is 2.14. The van der Waals surface area contributed by atoms with Crippen LogP contribution in [0.3, 0.4) is 0 Å². The lowest BCUT2D eigenvalue weighted by atomic mass is 9.76. The molecule has 1 saturated carbocycles. The van der Waals surface area contributed by atoms with Crippen LogP contribution in [0.5, 0.6) is 0 Å². The van der Waals surface area contributed by atoms with Crippen molar-refractivity contribution in [3.05, 3.63) is 35.4 Å². The van der Waals surface area contributed by atoms with Gasteiger partial charge in [0.1, 0.15) is 5.54 Å². The first-order chi connectivity index (χ1) is 9.07. The van der Waals surface area contributed by atoms with Gasteiger partial charge in [-0.25, -0.2) is 4.79 Å². The lowest BCUT2D eigenvalue weighted by Crippen LogP contribution is -2.59. The van der Waals surface area contributed by atoms with E-state index in [-0.39, 0.29) is 6.42 Å². The van der Waals surface area contributed by atoms with Crippen LogP contribution in [0.15, 0.2) is 24.3 Å². The Morgan fingerprint density at radius 3 is 2.68 bits per heavy atom. The van der Waals surface area contributed by atoms with Gasteiger partial charge >= 0.3 is 5.97 Å². The standard InChI is InChI=1S/C14H14N2O3/c15-8-5-10-3-1-4-11(9-10)12(17)16-14(13(18)19)6-2-7-14/h1,3-4,9H,2,5-7H2,(H,16,17)(H,18,19). The highest BCUT2D eigenvalue weighted by Crippen LogP contribution is 2.32. The van der Waals surface area contributed by atoms with Gasteiger partial charge in [0.05, 0.1) is 12.5 Å². The quantitative estimate of drug-likeness (QED) is 0.856. The van der Waals surface area contributed by atoms with Crippen molar-refractivity contribution in [1.82, 2.24) is 5.32 Å². The zero-order valence-corrected chi connectivity index (χ0v) is 10.3. The normalized spacial score (nSPS) is 15.9. The second-order valence-corrected chi connectivity index (χ2v) is 4.73. The molecule has 1 aliphatic carbocycles. The molecule has 0 bridgehead atoms. The van der Waals surface area contributed by atoms with Gasteiger partial charge in [0.25, 0.3) is 5.91 Å². The molecule has 0 aliphatic heterocycles. The minimum absolute atomic E-state index is 0.227. The van der Waals surface area contributed by atoms with E-state index in [0.29, 0.717) is 18.4 Å². The summed E-state index contributed by atoms with van der Waals surface area (Å²) in [5, 5.41) is 20.4. The van der Waals surface area contributed by atoms with Gasteiger partial charge in [0.15, 0.2) is 0 Å². The Bertz CT molecular complexity index is 556. The van der Waals surface area contributed by atoms with Crippen LogP contribution in [0.4, 0.5) is 0 Å². The van der Waals surface area contributed by atoms with Crippen molar-refractivity contribution in [3.8, 4) is 6.07 Å². The lowest BCUT2D eigenvalue weighted by Gasteiger charge is -2.38. The molecule has 98 valence electrons. The summed E-state index contributed by atoms with van der Waals surface area (Å²) in [6.45, 7) is 0. The summed E-state index contributed by atoms with van der Waals surface area (Å²) in [6.07, 6.45) is 1.96. The molecule has 1 aromatic rings. The van der Waals surface area contributed by atoms with Crippen LogP contribution in [0.2, 0.25) is 0 Å². The molecule has 5 heteroatoms. The van der Waals surface area contributed by atoms with Crippen LogP contribution in [-0.2, 0) is 11.2 Å². The first kappa shape index (κ1) is 13.1. The Labute approximate surface area is 110 Å². The van der Waals surface area contributed by atoms with Crippen molar-refractivity contribution in [3.63, 3.8) is 0 Å². The second kappa shape index (κ2) is 5.11. The molecule has 0 radical (unpaired) electrons. The molecular weight excluding hydrogens is 244 g/mol. The fourth-order valence-corrected chi connectivity index (χ4v) is 2.13. The van der Waals surface area contributed by atoms with Crippen molar-refractivity contribution in [2.45, 2.75) is 31.2 Å². The number of rotatable bonds is 4. The van der Waals surface area contributed by atoms with E-state index in [1.54, 1.807) is 24.3 Å². The lowest BCUT2D eigenvalue weighted by molar-refractivity contribution is -0.148. The van der Waals surface area contributed by atoms with E-state index in [9.17, 15) is 9.59 Å².